The van der Waals surface area contributed by atoms with Gasteiger partial charge in [0.15, 0.2) is 0 Å². The summed E-state index contributed by atoms with van der Waals surface area (Å²) in [5.74, 6) is 0. The van der Waals surface area contributed by atoms with Crippen LogP contribution in [0.4, 0.5) is 0 Å². The molecule has 0 bridgehead atoms. The highest BCUT2D eigenvalue weighted by Gasteiger charge is 2.23. The van der Waals surface area contributed by atoms with E-state index in [1.807, 2.05) is 55.4 Å². The van der Waals surface area contributed by atoms with Crippen molar-refractivity contribution in [3.05, 3.63) is 65.4 Å². The van der Waals surface area contributed by atoms with Gasteiger partial charge in [0.1, 0.15) is 0 Å². The summed E-state index contributed by atoms with van der Waals surface area (Å²) in [6.07, 6.45) is 2.70. The van der Waals surface area contributed by atoms with E-state index in [4.69, 9.17) is 0 Å². The van der Waals surface area contributed by atoms with Crippen LogP contribution in [0.1, 0.15) is 16.7 Å². The minimum Gasteiger partial charge on any atom is -0.312 e. The number of fused-ring (bicyclic) bond motifs is 2. The van der Waals surface area contributed by atoms with Crippen LogP contribution in [-0.4, -0.2) is 37.9 Å². The minimum atomic E-state index is -3.64. The summed E-state index contributed by atoms with van der Waals surface area (Å²) in [7, 11) is 0.323. The molecule has 1 N–H and O–H groups in total. The van der Waals surface area contributed by atoms with Crippen LogP contribution in [0.2, 0.25) is 0 Å². The third-order valence-corrected chi connectivity index (χ3v) is 6.54. The molecule has 0 fully saturated rings. The summed E-state index contributed by atoms with van der Waals surface area (Å²) in [5, 5.41) is 4.28. The van der Waals surface area contributed by atoms with Gasteiger partial charge < -0.3 is 10.2 Å². The van der Waals surface area contributed by atoms with Crippen LogP contribution < -0.4 is 5.32 Å². The monoisotopic (exact) mass is 369 g/mol. The molecular formula is C20H23N3O2S. The Hall–Kier alpha value is -2.15. The first-order chi connectivity index (χ1) is 12.5. The molecule has 1 aliphatic heterocycles. The second kappa shape index (κ2) is 6.54. The fraction of sp³-hybridized carbons (Fsp3) is 0.300. The largest absolute Gasteiger partial charge is 0.312 e. The van der Waals surface area contributed by atoms with Crippen molar-refractivity contribution in [2.24, 2.45) is 0 Å². The quantitative estimate of drug-likeness (QED) is 0.768. The summed E-state index contributed by atoms with van der Waals surface area (Å²) in [6, 6.07) is 13.2. The molecule has 1 aliphatic rings. The normalized spacial score (nSPS) is 14.7. The number of hydrogen-bond donors (Lipinski definition) is 1. The highest BCUT2D eigenvalue weighted by molar-refractivity contribution is 7.90. The van der Waals surface area contributed by atoms with Crippen molar-refractivity contribution < 1.29 is 8.42 Å². The molecule has 0 atom stereocenters. The molecule has 4 rings (SSSR count). The van der Waals surface area contributed by atoms with Crippen LogP contribution in [-0.2, 0) is 29.5 Å². The van der Waals surface area contributed by atoms with E-state index in [1.165, 1.54) is 9.54 Å². The summed E-state index contributed by atoms with van der Waals surface area (Å²) in [4.78, 5) is 2.39. The third-order valence-electron chi connectivity index (χ3n) is 4.87. The van der Waals surface area contributed by atoms with Crippen LogP contribution in [0.5, 0.6) is 0 Å². The predicted octanol–water partition coefficient (Wildman–Crippen LogP) is 2.59. The number of nitrogens with zero attached hydrogens (tertiary/aromatic N) is 2. The van der Waals surface area contributed by atoms with Crippen LogP contribution in [0, 0.1) is 0 Å². The van der Waals surface area contributed by atoms with Gasteiger partial charge in [-0.05, 0) is 62.0 Å². The molecule has 0 spiro atoms. The highest BCUT2D eigenvalue weighted by Crippen LogP contribution is 2.28. The second-order valence-corrected chi connectivity index (χ2v) is 8.88. The van der Waals surface area contributed by atoms with Crippen molar-refractivity contribution in [3.63, 3.8) is 0 Å². The van der Waals surface area contributed by atoms with E-state index in [0.29, 0.717) is 11.4 Å². The molecule has 1 aromatic heterocycles. The lowest BCUT2D eigenvalue weighted by Gasteiger charge is -2.18. The topological polar surface area (TPSA) is 54.3 Å². The van der Waals surface area contributed by atoms with E-state index in [2.05, 4.69) is 5.32 Å². The molecule has 2 aromatic carbocycles. The van der Waals surface area contributed by atoms with Gasteiger partial charge in [-0.15, -0.1) is 0 Å². The zero-order valence-corrected chi connectivity index (χ0v) is 15.9. The first kappa shape index (κ1) is 17.3. The Morgan fingerprint density at radius 1 is 1.12 bits per heavy atom. The van der Waals surface area contributed by atoms with E-state index in [-0.39, 0.29) is 0 Å². The Labute approximate surface area is 154 Å². The molecule has 26 heavy (non-hydrogen) atoms. The van der Waals surface area contributed by atoms with Crippen LogP contribution in [0.25, 0.3) is 10.9 Å². The summed E-state index contributed by atoms with van der Waals surface area (Å²) in [5.41, 5.74) is 4.03. The molecule has 0 saturated carbocycles. The van der Waals surface area contributed by atoms with Crippen molar-refractivity contribution in [1.82, 2.24) is 14.2 Å². The fourth-order valence-electron chi connectivity index (χ4n) is 3.61. The van der Waals surface area contributed by atoms with Gasteiger partial charge in [0.2, 0.25) is 0 Å². The predicted molar refractivity (Wildman–Crippen MR) is 104 cm³/mol. The van der Waals surface area contributed by atoms with Gasteiger partial charge in [-0.2, -0.15) is 0 Å². The lowest BCUT2D eigenvalue weighted by molar-refractivity contribution is 0.404. The van der Waals surface area contributed by atoms with E-state index in [9.17, 15) is 8.42 Å². The van der Waals surface area contributed by atoms with Gasteiger partial charge in [0, 0.05) is 24.7 Å². The molecule has 0 saturated heterocycles. The molecule has 0 radical (unpaired) electrons. The molecule has 0 unspecified atom stereocenters. The van der Waals surface area contributed by atoms with Gasteiger partial charge >= 0.3 is 0 Å². The molecule has 6 heteroatoms. The van der Waals surface area contributed by atoms with E-state index in [0.717, 1.165) is 41.5 Å². The van der Waals surface area contributed by atoms with E-state index >= 15 is 0 Å². The molecule has 136 valence electrons. The smallest absolute Gasteiger partial charge is 0.268 e. The lowest BCUT2D eigenvalue weighted by atomic mass is 10.0. The Kier molecular flexibility index (Phi) is 4.34. The number of hydrogen-bond acceptors (Lipinski definition) is 4. The summed E-state index contributed by atoms with van der Waals surface area (Å²) >= 11 is 0. The van der Waals surface area contributed by atoms with Gasteiger partial charge in [-0.1, -0.05) is 24.3 Å². The standard InChI is InChI=1S/C20H23N3O2S/c1-22(2)13-17-14-23(20-6-4-3-5-19(17)20)26(24,25)18-8-7-15-9-10-21-12-16(15)11-18/h3-8,11,14,21H,9-10,12-13H2,1-2H3. The molecule has 5 nitrogen and oxygen atoms in total. The zero-order valence-electron chi connectivity index (χ0n) is 15.1. The zero-order chi connectivity index (χ0) is 18.3. The summed E-state index contributed by atoms with van der Waals surface area (Å²) < 4.78 is 28.2. The fourth-order valence-corrected chi connectivity index (χ4v) is 5.06. The van der Waals surface area contributed by atoms with Crippen LogP contribution >= 0.6 is 0 Å². The first-order valence-electron chi connectivity index (χ1n) is 8.78. The van der Waals surface area contributed by atoms with Crippen molar-refractivity contribution >= 4 is 20.9 Å². The summed E-state index contributed by atoms with van der Waals surface area (Å²) in [6.45, 7) is 2.35. The van der Waals surface area contributed by atoms with E-state index < -0.39 is 10.0 Å². The van der Waals surface area contributed by atoms with Crippen molar-refractivity contribution in [2.45, 2.75) is 24.4 Å². The number of rotatable bonds is 4. The van der Waals surface area contributed by atoms with Crippen LogP contribution in [0.3, 0.4) is 0 Å². The Balaban J connectivity index is 1.86. The number of aromatic nitrogens is 1. The Bertz CT molecular complexity index is 1070. The Morgan fingerprint density at radius 2 is 1.92 bits per heavy atom. The Morgan fingerprint density at radius 3 is 2.73 bits per heavy atom. The van der Waals surface area contributed by atoms with Crippen molar-refractivity contribution in [3.8, 4) is 0 Å². The van der Waals surface area contributed by atoms with Gasteiger partial charge in [0.05, 0.1) is 10.4 Å². The van der Waals surface area contributed by atoms with Crippen molar-refractivity contribution in [1.29, 1.82) is 0 Å². The molecular weight excluding hydrogens is 346 g/mol. The van der Waals surface area contributed by atoms with Crippen molar-refractivity contribution in [2.75, 3.05) is 20.6 Å². The average molecular weight is 369 g/mol. The molecule has 3 aromatic rings. The second-order valence-electron chi connectivity index (χ2n) is 7.07. The number of benzene rings is 2. The lowest BCUT2D eigenvalue weighted by Crippen LogP contribution is -2.24. The molecule has 2 heterocycles. The van der Waals surface area contributed by atoms with Gasteiger partial charge in [-0.25, -0.2) is 12.4 Å². The number of nitrogens with one attached hydrogen (secondary N) is 1. The minimum absolute atomic E-state index is 0.345. The maximum absolute atomic E-state index is 13.4. The number of para-hydroxylation sites is 1. The van der Waals surface area contributed by atoms with E-state index in [1.54, 1.807) is 12.3 Å². The molecule has 0 amide bonds. The average Bonchev–Trinajstić information content (AvgIpc) is 3.00. The third kappa shape index (κ3) is 2.94. The molecule has 0 aliphatic carbocycles. The van der Waals surface area contributed by atoms with Gasteiger partial charge in [0.25, 0.3) is 10.0 Å². The maximum atomic E-state index is 13.4. The maximum Gasteiger partial charge on any atom is 0.268 e. The van der Waals surface area contributed by atoms with Crippen LogP contribution in [0.15, 0.2) is 53.6 Å². The highest BCUT2D eigenvalue weighted by atomic mass is 32.2. The van der Waals surface area contributed by atoms with Gasteiger partial charge in [-0.3, -0.25) is 0 Å². The first-order valence-corrected chi connectivity index (χ1v) is 10.2. The SMILES string of the molecule is CN(C)Cc1cn(S(=O)(=O)c2ccc3c(c2)CNCC3)c2ccccc12.